The number of hydrogen-bond acceptors (Lipinski definition) is 7. The van der Waals surface area contributed by atoms with Crippen LogP contribution >= 0.6 is 0 Å². The summed E-state index contributed by atoms with van der Waals surface area (Å²) in [6.07, 6.45) is 1.02. The van der Waals surface area contributed by atoms with Gasteiger partial charge in [0.1, 0.15) is 10.6 Å². The Morgan fingerprint density at radius 1 is 0.800 bits per heavy atom. The van der Waals surface area contributed by atoms with Crippen LogP contribution in [0.15, 0.2) is 82.6 Å². The Morgan fingerprint density at radius 2 is 1.40 bits per heavy atom. The highest BCUT2D eigenvalue weighted by atomic mass is 32.2. The molecule has 0 radical (unpaired) electrons. The van der Waals surface area contributed by atoms with Crippen molar-refractivity contribution < 1.29 is 30.6 Å². The molecule has 0 aromatic heterocycles. The second-order valence-electron chi connectivity index (χ2n) is 6.34. The molecular formula is C21H18O7S2. The minimum absolute atomic E-state index is 0.0252. The highest BCUT2D eigenvalue weighted by Crippen LogP contribution is 2.30. The van der Waals surface area contributed by atoms with E-state index in [-0.39, 0.29) is 21.1 Å². The molecule has 3 aromatic carbocycles. The zero-order valence-corrected chi connectivity index (χ0v) is 17.7. The van der Waals surface area contributed by atoms with Crippen molar-refractivity contribution in [2.75, 3.05) is 13.4 Å². The van der Waals surface area contributed by atoms with Crippen molar-refractivity contribution in [1.29, 1.82) is 0 Å². The molecule has 0 fully saturated rings. The number of hydrogen-bond donors (Lipinski definition) is 0. The number of methoxy groups -OCH3 is 1. The van der Waals surface area contributed by atoms with Crippen molar-refractivity contribution in [3.05, 3.63) is 83.9 Å². The number of sulfone groups is 1. The van der Waals surface area contributed by atoms with Gasteiger partial charge in [0, 0.05) is 17.9 Å². The van der Waals surface area contributed by atoms with E-state index in [1.54, 1.807) is 30.3 Å². The smallest absolute Gasteiger partial charge is 0.339 e. The SMILES string of the molecule is COc1ccc(C(=O)c2ccccc2)c(OS(=O)(=O)c2ccc(S(C)(=O)=O)cc2)c1. The number of ether oxygens (including phenoxy) is 1. The van der Waals surface area contributed by atoms with E-state index in [1.807, 2.05) is 0 Å². The van der Waals surface area contributed by atoms with Crippen LogP contribution in [0.5, 0.6) is 11.5 Å². The molecule has 7 nitrogen and oxygen atoms in total. The lowest BCUT2D eigenvalue weighted by Gasteiger charge is -2.13. The second kappa shape index (κ2) is 8.29. The first-order valence-corrected chi connectivity index (χ1v) is 11.9. The van der Waals surface area contributed by atoms with Crippen LogP contribution in [0.25, 0.3) is 0 Å². The molecule has 3 rings (SSSR count). The summed E-state index contributed by atoms with van der Waals surface area (Å²) in [5.74, 6) is -0.316. The first kappa shape index (κ1) is 21.5. The van der Waals surface area contributed by atoms with Crippen LogP contribution in [0, 0.1) is 0 Å². The van der Waals surface area contributed by atoms with Crippen molar-refractivity contribution in [3.8, 4) is 11.5 Å². The van der Waals surface area contributed by atoms with Gasteiger partial charge in [-0.05, 0) is 36.4 Å². The number of carbonyl (C=O) groups is 1. The minimum atomic E-state index is -4.34. The van der Waals surface area contributed by atoms with Gasteiger partial charge in [-0.3, -0.25) is 4.79 Å². The largest absolute Gasteiger partial charge is 0.497 e. The maximum atomic E-state index is 12.9. The molecule has 0 heterocycles. The normalized spacial score (nSPS) is 11.7. The van der Waals surface area contributed by atoms with Crippen molar-refractivity contribution >= 4 is 25.7 Å². The Bertz CT molecular complexity index is 1280. The van der Waals surface area contributed by atoms with Crippen LogP contribution < -0.4 is 8.92 Å². The van der Waals surface area contributed by atoms with Gasteiger partial charge in [-0.1, -0.05) is 30.3 Å². The number of carbonyl (C=O) groups excluding carboxylic acids is 1. The molecule has 0 saturated carbocycles. The Kier molecular flexibility index (Phi) is 5.95. The molecule has 0 unspecified atom stereocenters. The maximum absolute atomic E-state index is 12.9. The maximum Gasteiger partial charge on any atom is 0.339 e. The Hall–Kier alpha value is -3.17. The molecule has 0 aliphatic rings. The number of benzene rings is 3. The molecule has 30 heavy (non-hydrogen) atoms. The van der Waals surface area contributed by atoms with Crippen LogP contribution in [0.3, 0.4) is 0 Å². The summed E-state index contributed by atoms with van der Waals surface area (Å²) in [4.78, 5) is 12.6. The van der Waals surface area contributed by atoms with Crippen molar-refractivity contribution in [1.82, 2.24) is 0 Å². The van der Waals surface area contributed by atoms with Crippen LogP contribution in [0.2, 0.25) is 0 Å². The zero-order chi connectivity index (χ0) is 21.9. The van der Waals surface area contributed by atoms with Gasteiger partial charge in [-0.25, -0.2) is 8.42 Å². The Balaban J connectivity index is 2.01. The zero-order valence-electron chi connectivity index (χ0n) is 16.1. The molecule has 0 aliphatic carbocycles. The summed E-state index contributed by atoms with van der Waals surface area (Å²) >= 11 is 0. The van der Waals surface area contributed by atoms with Gasteiger partial charge < -0.3 is 8.92 Å². The molecule has 9 heteroatoms. The van der Waals surface area contributed by atoms with Gasteiger partial charge in [-0.2, -0.15) is 8.42 Å². The predicted molar refractivity (Wildman–Crippen MR) is 110 cm³/mol. The van der Waals surface area contributed by atoms with Crippen LogP contribution in [-0.4, -0.2) is 36.0 Å². The number of ketones is 1. The van der Waals surface area contributed by atoms with Gasteiger partial charge >= 0.3 is 10.1 Å². The van der Waals surface area contributed by atoms with Crippen molar-refractivity contribution in [3.63, 3.8) is 0 Å². The third kappa shape index (κ3) is 4.69. The quantitative estimate of drug-likeness (QED) is 0.406. The van der Waals surface area contributed by atoms with E-state index in [9.17, 15) is 21.6 Å². The van der Waals surface area contributed by atoms with E-state index < -0.39 is 25.7 Å². The van der Waals surface area contributed by atoms with E-state index in [4.69, 9.17) is 8.92 Å². The Labute approximate surface area is 174 Å². The first-order valence-electron chi connectivity index (χ1n) is 8.64. The molecule has 0 atom stereocenters. The molecule has 0 bridgehead atoms. The molecule has 156 valence electrons. The average Bonchev–Trinajstić information content (AvgIpc) is 2.73. The van der Waals surface area contributed by atoms with Gasteiger partial charge in [0.05, 0.1) is 17.6 Å². The molecule has 3 aromatic rings. The molecule has 0 N–H and O–H groups in total. The highest BCUT2D eigenvalue weighted by Gasteiger charge is 2.23. The molecule has 0 spiro atoms. The highest BCUT2D eigenvalue weighted by molar-refractivity contribution is 7.90. The fourth-order valence-corrected chi connectivity index (χ4v) is 4.22. The monoisotopic (exact) mass is 446 g/mol. The Morgan fingerprint density at radius 3 is 1.97 bits per heavy atom. The summed E-state index contributed by atoms with van der Waals surface area (Å²) in [7, 11) is -6.42. The van der Waals surface area contributed by atoms with Crippen molar-refractivity contribution in [2.45, 2.75) is 9.79 Å². The van der Waals surface area contributed by atoms with Gasteiger partial charge in [0.2, 0.25) is 0 Å². The van der Waals surface area contributed by atoms with Crippen LogP contribution in [-0.2, 0) is 20.0 Å². The molecule has 0 saturated heterocycles. The lowest BCUT2D eigenvalue weighted by Crippen LogP contribution is -2.13. The van der Waals surface area contributed by atoms with Crippen LogP contribution in [0.4, 0.5) is 0 Å². The minimum Gasteiger partial charge on any atom is -0.497 e. The molecular weight excluding hydrogens is 428 g/mol. The average molecular weight is 447 g/mol. The summed E-state index contributed by atoms with van der Waals surface area (Å²) in [5.41, 5.74) is 0.403. The second-order valence-corrected chi connectivity index (χ2v) is 9.90. The van der Waals surface area contributed by atoms with E-state index >= 15 is 0 Å². The summed E-state index contributed by atoms with van der Waals surface area (Å²) < 4.78 is 59.0. The van der Waals surface area contributed by atoms with E-state index in [1.165, 1.54) is 37.4 Å². The third-order valence-corrected chi connectivity index (χ3v) is 6.59. The third-order valence-electron chi connectivity index (χ3n) is 4.21. The van der Waals surface area contributed by atoms with E-state index in [0.717, 1.165) is 18.4 Å². The van der Waals surface area contributed by atoms with Crippen LogP contribution in [0.1, 0.15) is 15.9 Å². The van der Waals surface area contributed by atoms with Gasteiger partial charge in [0.25, 0.3) is 0 Å². The topological polar surface area (TPSA) is 104 Å². The van der Waals surface area contributed by atoms with E-state index in [0.29, 0.717) is 11.3 Å². The standard InChI is InChI=1S/C21H18O7S2/c1-27-16-8-13-19(21(22)15-6-4-3-5-7-15)20(14-16)28-30(25,26)18-11-9-17(10-12-18)29(2,23)24/h3-14H,1-2H3. The lowest BCUT2D eigenvalue weighted by molar-refractivity contribution is 0.103. The van der Waals surface area contributed by atoms with E-state index in [2.05, 4.69) is 0 Å². The fraction of sp³-hybridized carbons (Fsp3) is 0.0952. The summed E-state index contributed by atoms with van der Waals surface area (Å²) in [6.45, 7) is 0. The number of rotatable bonds is 7. The summed E-state index contributed by atoms with van der Waals surface area (Å²) in [6, 6.07) is 17.2. The van der Waals surface area contributed by atoms with Gasteiger partial charge in [-0.15, -0.1) is 0 Å². The molecule has 0 aliphatic heterocycles. The first-order chi connectivity index (χ1) is 14.1. The predicted octanol–water partition coefficient (Wildman–Crippen LogP) is 3.10. The van der Waals surface area contributed by atoms with Crippen molar-refractivity contribution in [2.24, 2.45) is 0 Å². The summed E-state index contributed by atoms with van der Waals surface area (Å²) in [5, 5.41) is 0. The van der Waals surface area contributed by atoms with Gasteiger partial charge in [0.15, 0.2) is 21.4 Å². The lowest BCUT2D eigenvalue weighted by atomic mass is 10.0. The molecule has 0 amide bonds. The fourth-order valence-electron chi connectivity index (χ4n) is 2.65.